The van der Waals surface area contributed by atoms with E-state index in [1.54, 1.807) is 0 Å². The van der Waals surface area contributed by atoms with Gasteiger partial charge >= 0.3 is 0 Å². The summed E-state index contributed by atoms with van der Waals surface area (Å²) in [5.41, 5.74) is 0.0627. The van der Waals surface area contributed by atoms with Gasteiger partial charge < -0.3 is 4.43 Å². The zero-order valence-corrected chi connectivity index (χ0v) is 6.41. The Labute approximate surface area is 48.0 Å². The molecule has 0 fully saturated rings. The molecular weight excluding hydrogens is 104 g/mol. The van der Waals surface area contributed by atoms with Gasteiger partial charge in [0.2, 0.25) is 9.76 Å². The Balaban J connectivity index is 3.15. The molecule has 0 aromatic rings. The van der Waals surface area contributed by atoms with E-state index in [-0.39, 0.29) is 5.60 Å². The minimum absolute atomic E-state index is 0.0627. The quantitative estimate of drug-likeness (QED) is 0.471. The summed E-state index contributed by atoms with van der Waals surface area (Å²) in [7, 11) is 0.609. The molecule has 0 aromatic heterocycles. The maximum atomic E-state index is 5.26. The minimum Gasteiger partial charge on any atom is -0.413 e. The Hall–Kier alpha value is 0.177. The second-order valence-corrected chi connectivity index (χ2v) is 3.03. The van der Waals surface area contributed by atoms with E-state index in [1.165, 1.54) is 0 Å². The summed E-state index contributed by atoms with van der Waals surface area (Å²) in [6.07, 6.45) is 0. The molecular formula is C5H12OSi. The van der Waals surface area contributed by atoms with Crippen molar-refractivity contribution in [3.8, 4) is 0 Å². The van der Waals surface area contributed by atoms with Gasteiger partial charge in [-0.25, -0.2) is 0 Å². The summed E-state index contributed by atoms with van der Waals surface area (Å²) in [5.74, 6) is 0. The zero-order chi connectivity index (χ0) is 5.91. The second kappa shape index (κ2) is 2.48. The van der Waals surface area contributed by atoms with E-state index in [1.807, 2.05) is 6.55 Å². The fraction of sp³-hybridized carbons (Fsp3) is 1.00. The molecule has 7 heavy (non-hydrogen) atoms. The van der Waals surface area contributed by atoms with Gasteiger partial charge in [-0.05, 0) is 27.3 Å². The number of hydrogen-bond acceptors (Lipinski definition) is 1. The van der Waals surface area contributed by atoms with Crippen molar-refractivity contribution in [3.63, 3.8) is 0 Å². The SMILES string of the molecule is C[Si]OC(C)(C)C. The molecule has 0 saturated heterocycles. The predicted octanol–water partition coefficient (Wildman–Crippen LogP) is 1.47. The van der Waals surface area contributed by atoms with E-state index >= 15 is 0 Å². The van der Waals surface area contributed by atoms with Crippen LogP contribution in [0.25, 0.3) is 0 Å². The van der Waals surface area contributed by atoms with Gasteiger partial charge in [0.1, 0.15) is 0 Å². The summed E-state index contributed by atoms with van der Waals surface area (Å²) < 4.78 is 5.26. The third kappa shape index (κ3) is 6.18. The summed E-state index contributed by atoms with van der Waals surface area (Å²) in [4.78, 5) is 0. The highest BCUT2D eigenvalue weighted by Gasteiger charge is 2.06. The summed E-state index contributed by atoms with van der Waals surface area (Å²) >= 11 is 0. The molecule has 0 heterocycles. The molecule has 42 valence electrons. The van der Waals surface area contributed by atoms with Gasteiger partial charge in [0.05, 0.1) is 0 Å². The van der Waals surface area contributed by atoms with Crippen molar-refractivity contribution in [3.05, 3.63) is 0 Å². The lowest BCUT2D eigenvalue weighted by molar-refractivity contribution is 0.140. The molecule has 0 spiro atoms. The van der Waals surface area contributed by atoms with Crippen molar-refractivity contribution in [2.45, 2.75) is 32.9 Å². The Kier molecular flexibility index (Phi) is 2.54. The van der Waals surface area contributed by atoms with Crippen LogP contribution in [0, 0.1) is 0 Å². The van der Waals surface area contributed by atoms with Crippen molar-refractivity contribution in [2.75, 3.05) is 0 Å². The molecule has 0 unspecified atom stereocenters. The van der Waals surface area contributed by atoms with E-state index < -0.39 is 0 Å². The zero-order valence-electron chi connectivity index (χ0n) is 5.41. The first-order valence-corrected chi connectivity index (χ1v) is 3.82. The van der Waals surface area contributed by atoms with Gasteiger partial charge in [-0.2, -0.15) is 0 Å². The Morgan fingerprint density at radius 1 is 1.29 bits per heavy atom. The first-order chi connectivity index (χ1) is 3.06. The maximum absolute atomic E-state index is 5.26. The molecule has 0 atom stereocenters. The van der Waals surface area contributed by atoms with Crippen LogP contribution in [0.3, 0.4) is 0 Å². The van der Waals surface area contributed by atoms with Crippen LogP contribution in [0.15, 0.2) is 0 Å². The van der Waals surface area contributed by atoms with Crippen LogP contribution in [0.2, 0.25) is 6.55 Å². The first kappa shape index (κ1) is 7.18. The third-order valence-electron chi connectivity index (χ3n) is 0.408. The average Bonchev–Trinajstić information content (AvgIpc) is 1.30. The topological polar surface area (TPSA) is 9.23 Å². The molecule has 0 aromatic carbocycles. The lowest BCUT2D eigenvalue weighted by atomic mass is 10.2. The van der Waals surface area contributed by atoms with E-state index in [2.05, 4.69) is 20.8 Å². The molecule has 0 bridgehead atoms. The molecule has 2 radical (unpaired) electrons. The van der Waals surface area contributed by atoms with Gasteiger partial charge in [-0.1, -0.05) is 0 Å². The van der Waals surface area contributed by atoms with Gasteiger partial charge in [0.25, 0.3) is 0 Å². The first-order valence-electron chi connectivity index (χ1n) is 2.41. The highest BCUT2D eigenvalue weighted by molar-refractivity contribution is 6.24. The van der Waals surface area contributed by atoms with E-state index in [9.17, 15) is 0 Å². The standard InChI is InChI=1S/C5H12OSi/c1-5(2,3)6-7-4/h1-4H3. The Morgan fingerprint density at radius 3 is 1.71 bits per heavy atom. The molecule has 1 nitrogen and oxygen atoms in total. The molecule has 0 aliphatic heterocycles. The lowest BCUT2D eigenvalue weighted by Crippen LogP contribution is -2.19. The largest absolute Gasteiger partial charge is 0.413 e. The van der Waals surface area contributed by atoms with Gasteiger partial charge in [0.15, 0.2) is 0 Å². The fourth-order valence-electron chi connectivity index (χ4n) is 0.306. The van der Waals surface area contributed by atoms with E-state index in [0.717, 1.165) is 0 Å². The Morgan fingerprint density at radius 2 is 1.71 bits per heavy atom. The normalized spacial score (nSPS) is 12.0. The smallest absolute Gasteiger partial charge is 0.226 e. The van der Waals surface area contributed by atoms with Gasteiger partial charge in [-0.3, -0.25) is 0 Å². The van der Waals surface area contributed by atoms with Crippen LogP contribution >= 0.6 is 0 Å². The van der Waals surface area contributed by atoms with Crippen molar-refractivity contribution < 1.29 is 4.43 Å². The van der Waals surface area contributed by atoms with Crippen LogP contribution < -0.4 is 0 Å². The molecule has 2 heteroatoms. The molecule has 0 amide bonds. The van der Waals surface area contributed by atoms with Crippen molar-refractivity contribution in [1.29, 1.82) is 0 Å². The lowest BCUT2D eigenvalue weighted by Gasteiger charge is -2.17. The molecule has 0 saturated carbocycles. The van der Waals surface area contributed by atoms with E-state index in [4.69, 9.17) is 4.43 Å². The van der Waals surface area contributed by atoms with Gasteiger partial charge in [-0.15, -0.1) is 0 Å². The van der Waals surface area contributed by atoms with Crippen LogP contribution in [-0.2, 0) is 4.43 Å². The van der Waals surface area contributed by atoms with E-state index in [0.29, 0.717) is 9.76 Å². The number of hydrogen-bond donors (Lipinski definition) is 0. The number of rotatable bonds is 1. The third-order valence-corrected chi connectivity index (χ3v) is 1.22. The summed E-state index contributed by atoms with van der Waals surface area (Å²) in [6, 6.07) is 0. The molecule has 0 N–H and O–H groups in total. The fourth-order valence-corrected chi connectivity index (χ4v) is 0.919. The van der Waals surface area contributed by atoms with Crippen LogP contribution in [-0.4, -0.2) is 15.4 Å². The highest BCUT2D eigenvalue weighted by atomic mass is 28.2. The van der Waals surface area contributed by atoms with Gasteiger partial charge in [0, 0.05) is 5.60 Å². The van der Waals surface area contributed by atoms with Crippen LogP contribution in [0.5, 0.6) is 0 Å². The monoisotopic (exact) mass is 116 g/mol. The van der Waals surface area contributed by atoms with Crippen molar-refractivity contribution in [1.82, 2.24) is 0 Å². The minimum atomic E-state index is 0.0627. The predicted molar refractivity (Wildman–Crippen MR) is 32.5 cm³/mol. The average molecular weight is 116 g/mol. The highest BCUT2D eigenvalue weighted by Crippen LogP contribution is 2.03. The molecule has 0 rings (SSSR count). The molecule has 0 aliphatic carbocycles. The van der Waals surface area contributed by atoms with Crippen molar-refractivity contribution in [2.24, 2.45) is 0 Å². The van der Waals surface area contributed by atoms with Crippen LogP contribution in [0.1, 0.15) is 20.8 Å². The summed E-state index contributed by atoms with van der Waals surface area (Å²) in [5, 5.41) is 0. The summed E-state index contributed by atoms with van der Waals surface area (Å²) in [6.45, 7) is 8.21. The second-order valence-electron chi connectivity index (χ2n) is 2.42. The Bertz CT molecular complexity index is 46.5. The maximum Gasteiger partial charge on any atom is 0.226 e. The van der Waals surface area contributed by atoms with Crippen LogP contribution in [0.4, 0.5) is 0 Å². The molecule has 0 aliphatic rings. The van der Waals surface area contributed by atoms with Crippen molar-refractivity contribution >= 4 is 9.76 Å².